The predicted molar refractivity (Wildman–Crippen MR) is 88.9 cm³/mol. The lowest BCUT2D eigenvalue weighted by atomic mass is 10.4. The first-order chi connectivity index (χ1) is 11.8. The molecule has 3 N–H and O–H groups in total. The Labute approximate surface area is 146 Å². The third kappa shape index (κ3) is 8.27. The van der Waals surface area contributed by atoms with Crippen molar-refractivity contribution in [2.24, 2.45) is 0 Å². The fourth-order valence-corrected chi connectivity index (χ4v) is 2.58. The molecule has 0 saturated heterocycles. The number of rotatable bonds is 10. The van der Waals surface area contributed by atoms with Crippen LogP contribution < -0.4 is 15.4 Å². The van der Waals surface area contributed by atoms with Gasteiger partial charge in [0.25, 0.3) is 5.91 Å². The van der Waals surface area contributed by atoms with Gasteiger partial charge in [-0.15, -0.1) is 0 Å². The van der Waals surface area contributed by atoms with Crippen LogP contribution in [0.15, 0.2) is 35.2 Å². The van der Waals surface area contributed by atoms with Crippen LogP contribution in [0.5, 0.6) is 0 Å². The van der Waals surface area contributed by atoms with Gasteiger partial charge in [-0.05, 0) is 18.6 Å². The molecule has 9 nitrogen and oxygen atoms in total. The predicted octanol–water partition coefficient (Wildman–Crippen LogP) is -0.849. The summed E-state index contributed by atoms with van der Waals surface area (Å²) in [6.45, 7) is 0.959. The molecule has 0 aliphatic carbocycles. The Morgan fingerprint density at radius 3 is 2.32 bits per heavy atom. The third-order valence-corrected chi connectivity index (χ3v) is 4.26. The normalized spacial score (nSPS) is 10.8. The molecule has 138 valence electrons. The van der Waals surface area contributed by atoms with E-state index in [0.29, 0.717) is 6.54 Å². The maximum absolute atomic E-state index is 11.9. The van der Waals surface area contributed by atoms with Gasteiger partial charge < -0.3 is 15.4 Å². The van der Waals surface area contributed by atoms with E-state index in [1.165, 1.54) is 12.1 Å². The van der Waals surface area contributed by atoms with Crippen LogP contribution in [-0.2, 0) is 29.1 Å². The van der Waals surface area contributed by atoms with Gasteiger partial charge in [0, 0.05) is 6.54 Å². The van der Waals surface area contributed by atoms with Crippen LogP contribution in [0.3, 0.4) is 0 Å². The van der Waals surface area contributed by atoms with Crippen molar-refractivity contribution in [2.45, 2.75) is 18.2 Å². The van der Waals surface area contributed by atoms with Crippen molar-refractivity contribution < 1.29 is 27.5 Å². The molecule has 0 aromatic heterocycles. The molecule has 0 bridgehead atoms. The minimum absolute atomic E-state index is 0.0126. The van der Waals surface area contributed by atoms with Crippen molar-refractivity contribution in [2.75, 3.05) is 26.2 Å². The number of hydrogen-bond acceptors (Lipinski definition) is 6. The molecule has 0 radical (unpaired) electrons. The van der Waals surface area contributed by atoms with Gasteiger partial charge in [-0.25, -0.2) is 8.42 Å². The summed E-state index contributed by atoms with van der Waals surface area (Å²) in [5, 5.41) is 4.84. The van der Waals surface area contributed by atoms with Crippen LogP contribution in [0.1, 0.15) is 13.3 Å². The van der Waals surface area contributed by atoms with Gasteiger partial charge in [0.05, 0.1) is 11.4 Å². The monoisotopic (exact) mass is 371 g/mol. The molecule has 0 atom stereocenters. The van der Waals surface area contributed by atoms with Crippen molar-refractivity contribution in [3.8, 4) is 0 Å². The SMILES string of the molecule is CCCNC(=O)CNC(=O)COC(=O)CNS(=O)(=O)c1ccccc1. The lowest BCUT2D eigenvalue weighted by Gasteiger charge is -2.08. The zero-order valence-electron chi connectivity index (χ0n) is 13.8. The Bertz CT molecular complexity index is 690. The number of carbonyl (C=O) groups is 3. The molecule has 1 aromatic carbocycles. The van der Waals surface area contributed by atoms with E-state index in [2.05, 4.69) is 20.1 Å². The Morgan fingerprint density at radius 1 is 1.00 bits per heavy atom. The summed E-state index contributed by atoms with van der Waals surface area (Å²) in [5.41, 5.74) is 0. The summed E-state index contributed by atoms with van der Waals surface area (Å²) in [5.74, 6) is -1.92. The van der Waals surface area contributed by atoms with Crippen molar-refractivity contribution in [3.05, 3.63) is 30.3 Å². The van der Waals surface area contributed by atoms with E-state index >= 15 is 0 Å². The van der Waals surface area contributed by atoms with E-state index in [9.17, 15) is 22.8 Å². The van der Waals surface area contributed by atoms with Gasteiger partial charge in [-0.1, -0.05) is 25.1 Å². The first-order valence-electron chi connectivity index (χ1n) is 7.59. The van der Waals surface area contributed by atoms with E-state index in [4.69, 9.17) is 0 Å². The number of hydrogen-bond donors (Lipinski definition) is 3. The van der Waals surface area contributed by atoms with Crippen molar-refractivity contribution in [1.82, 2.24) is 15.4 Å². The summed E-state index contributed by atoms with van der Waals surface area (Å²) >= 11 is 0. The summed E-state index contributed by atoms with van der Waals surface area (Å²) in [6.07, 6.45) is 0.774. The molecule has 0 heterocycles. The first-order valence-corrected chi connectivity index (χ1v) is 9.07. The number of ether oxygens (including phenoxy) is 1. The maximum atomic E-state index is 11.9. The maximum Gasteiger partial charge on any atom is 0.321 e. The number of amides is 2. The third-order valence-electron chi connectivity index (χ3n) is 2.84. The van der Waals surface area contributed by atoms with E-state index < -0.39 is 35.1 Å². The molecular weight excluding hydrogens is 350 g/mol. The number of nitrogens with one attached hydrogen (secondary N) is 3. The van der Waals surface area contributed by atoms with Gasteiger partial charge >= 0.3 is 5.97 Å². The van der Waals surface area contributed by atoms with E-state index in [0.717, 1.165) is 6.42 Å². The summed E-state index contributed by atoms with van der Waals surface area (Å²) in [6, 6.07) is 7.52. The average Bonchev–Trinajstić information content (AvgIpc) is 2.62. The topological polar surface area (TPSA) is 131 Å². The molecule has 10 heteroatoms. The molecule has 0 spiro atoms. The largest absolute Gasteiger partial charge is 0.455 e. The minimum Gasteiger partial charge on any atom is -0.455 e. The van der Waals surface area contributed by atoms with Gasteiger partial charge in [0.15, 0.2) is 6.61 Å². The second-order valence-electron chi connectivity index (χ2n) is 4.92. The zero-order valence-corrected chi connectivity index (χ0v) is 14.6. The molecule has 0 aliphatic rings. The fraction of sp³-hybridized carbons (Fsp3) is 0.400. The minimum atomic E-state index is -3.83. The Morgan fingerprint density at radius 2 is 1.68 bits per heavy atom. The van der Waals surface area contributed by atoms with Crippen molar-refractivity contribution in [1.29, 1.82) is 0 Å². The standard InChI is InChI=1S/C15H21N3O6S/c1-2-8-16-13(19)9-17-14(20)11-24-15(21)10-18-25(22,23)12-6-4-3-5-7-12/h3-7,18H,2,8-11H2,1H3,(H,16,19)(H,17,20). The van der Waals surface area contributed by atoms with Crippen LogP contribution in [-0.4, -0.2) is 52.4 Å². The quantitative estimate of drug-likeness (QED) is 0.459. The molecule has 0 aliphatic heterocycles. The Hall–Kier alpha value is -2.46. The smallest absolute Gasteiger partial charge is 0.321 e. The molecule has 1 aromatic rings. The second kappa shape index (κ2) is 10.4. The van der Waals surface area contributed by atoms with Gasteiger partial charge in [-0.3, -0.25) is 14.4 Å². The van der Waals surface area contributed by atoms with E-state index in [1.54, 1.807) is 18.2 Å². The second-order valence-corrected chi connectivity index (χ2v) is 6.69. The molecule has 0 fully saturated rings. The lowest BCUT2D eigenvalue weighted by Crippen LogP contribution is -2.39. The van der Waals surface area contributed by atoms with E-state index in [1.807, 2.05) is 6.92 Å². The van der Waals surface area contributed by atoms with Crippen LogP contribution in [0.2, 0.25) is 0 Å². The highest BCUT2D eigenvalue weighted by atomic mass is 32.2. The highest BCUT2D eigenvalue weighted by Crippen LogP contribution is 2.06. The number of carbonyl (C=O) groups excluding carboxylic acids is 3. The number of benzene rings is 1. The Balaban J connectivity index is 2.28. The average molecular weight is 371 g/mol. The lowest BCUT2D eigenvalue weighted by molar-refractivity contribution is -0.147. The van der Waals surface area contributed by atoms with Crippen LogP contribution in [0.4, 0.5) is 0 Å². The highest BCUT2D eigenvalue weighted by molar-refractivity contribution is 7.89. The summed E-state index contributed by atoms with van der Waals surface area (Å²) < 4.78 is 30.5. The Kier molecular flexibility index (Phi) is 8.57. The van der Waals surface area contributed by atoms with Crippen LogP contribution in [0, 0.1) is 0 Å². The highest BCUT2D eigenvalue weighted by Gasteiger charge is 2.16. The number of esters is 1. The molecular formula is C15H21N3O6S. The van der Waals surface area contributed by atoms with Crippen molar-refractivity contribution >= 4 is 27.8 Å². The molecule has 0 saturated carbocycles. The van der Waals surface area contributed by atoms with Crippen LogP contribution in [0.25, 0.3) is 0 Å². The zero-order chi connectivity index (χ0) is 18.7. The molecule has 1 rings (SSSR count). The van der Waals surface area contributed by atoms with Crippen molar-refractivity contribution in [3.63, 3.8) is 0 Å². The molecule has 25 heavy (non-hydrogen) atoms. The van der Waals surface area contributed by atoms with Crippen LogP contribution >= 0.6 is 0 Å². The van der Waals surface area contributed by atoms with Gasteiger partial charge in [0.2, 0.25) is 15.9 Å². The van der Waals surface area contributed by atoms with E-state index in [-0.39, 0.29) is 17.3 Å². The number of sulfonamides is 1. The molecule has 2 amide bonds. The fourth-order valence-electron chi connectivity index (χ4n) is 1.59. The van der Waals surface area contributed by atoms with Gasteiger partial charge in [0.1, 0.15) is 6.54 Å². The van der Waals surface area contributed by atoms with Gasteiger partial charge in [-0.2, -0.15) is 4.72 Å². The molecule has 0 unspecified atom stereocenters. The summed E-state index contributed by atoms with van der Waals surface area (Å²) in [7, 11) is -3.83. The first kappa shape index (κ1) is 20.6. The summed E-state index contributed by atoms with van der Waals surface area (Å²) in [4.78, 5) is 34.2.